The molecule has 2 bridgehead atoms. The van der Waals surface area contributed by atoms with Gasteiger partial charge in [-0.15, -0.1) is 0 Å². The Morgan fingerprint density at radius 2 is 1.71 bits per heavy atom. The first-order valence-corrected chi connectivity index (χ1v) is 15.0. The Hall–Kier alpha value is -2.86. The number of carbonyl (C=O) groups is 3. The van der Waals surface area contributed by atoms with E-state index in [1.165, 1.54) is 10.6 Å². The molecule has 1 unspecified atom stereocenters. The van der Waals surface area contributed by atoms with Gasteiger partial charge in [0.1, 0.15) is 17.7 Å². The molecule has 4 rings (SSSR count). The van der Waals surface area contributed by atoms with Crippen molar-refractivity contribution in [2.75, 3.05) is 37.3 Å². The zero-order chi connectivity index (χ0) is 27.8. The van der Waals surface area contributed by atoms with Gasteiger partial charge in [0, 0.05) is 44.3 Å². The average molecular weight is 550 g/mol. The van der Waals surface area contributed by atoms with Crippen LogP contribution in [0.3, 0.4) is 0 Å². The van der Waals surface area contributed by atoms with Gasteiger partial charge in [-0.05, 0) is 63.6 Å². The lowest BCUT2D eigenvalue weighted by Crippen LogP contribution is -2.57. The quantitative estimate of drug-likeness (QED) is 0.518. The molecule has 210 valence electrons. The molecule has 3 aliphatic rings. The molecule has 3 amide bonds. The van der Waals surface area contributed by atoms with Crippen LogP contribution in [0, 0.1) is 5.92 Å². The zero-order valence-electron chi connectivity index (χ0n) is 22.6. The molecule has 3 fully saturated rings. The SMILES string of the molecule is CC(C)(C)OC(=O)N1[C@@H]2CC[C@@H](C2)[C@H]1C(=O)NC(Cc1ccc(N2CCN(S(C)(=O)=O)CC2)cc1)C(N)=O. The van der Waals surface area contributed by atoms with Crippen LogP contribution < -0.4 is 16.0 Å². The highest BCUT2D eigenvalue weighted by atomic mass is 32.2. The second-order valence-corrected chi connectivity index (χ2v) is 13.5. The number of sulfonamides is 1. The zero-order valence-corrected chi connectivity index (χ0v) is 23.4. The predicted molar refractivity (Wildman–Crippen MR) is 143 cm³/mol. The van der Waals surface area contributed by atoms with Crippen LogP contribution in [-0.2, 0) is 30.8 Å². The Kier molecular flexibility index (Phi) is 7.94. The fraction of sp³-hybridized carbons (Fsp3) is 0.654. The number of rotatable bonds is 7. The summed E-state index contributed by atoms with van der Waals surface area (Å²) in [6, 6.07) is 5.96. The van der Waals surface area contributed by atoms with Crippen LogP contribution >= 0.6 is 0 Å². The van der Waals surface area contributed by atoms with E-state index in [1.807, 2.05) is 24.3 Å². The van der Waals surface area contributed by atoms with E-state index in [9.17, 15) is 22.8 Å². The van der Waals surface area contributed by atoms with Crippen LogP contribution in [0.4, 0.5) is 10.5 Å². The first-order valence-electron chi connectivity index (χ1n) is 13.1. The lowest BCUT2D eigenvalue weighted by molar-refractivity contribution is -0.132. The molecule has 0 spiro atoms. The summed E-state index contributed by atoms with van der Waals surface area (Å²) in [7, 11) is -3.20. The molecule has 0 aromatic heterocycles. The molecule has 11 nitrogen and oxygen atoms in total. The summed E-state index contributed by atoms with van der Waals surface area (Å²) in [5.41, 5.74) is 6.76. The molecule has 4 atom stereocenters. The summed E-state index contributed by atoms with van der Waals surface area (Å²) in [5.74, 6) is -0.998. The van der Waals surface area contributed by atoms with Crippen LogP contribution in [0.1, 0.15) is 45.6 Å². The summed E-state index contributed by atoms with van der Waals surface area (Å²) in [4.78, 5) is 42.2. The maximum absolute atomic E-state index is 13.4. The maximum atomic E-state index is 13.4. The third-order valence-electron chi connectivity index (χ3n) is 7.57. The highest BCUT2D eigenvalue weighted by molar-refractivity contribution is 7.88. The largest absolute Gasteiger partial charge is 0.444 e. The van der Waals surface area contributed by atoms with E-state index in [0.717, 1.165) is 30.5 Å². The number of amides is 3. The Morgan fingerprint density at radius 1 is 1.08 bits per heavy atom. The second-order valence-electron chi connectivity index (χ2n) is 11.5. The topological polar surface area (TPSA) is 142 Å². The van der Waals surface area contributed by atoms with Gasteiger partial charge in [-0.3, -0.25) is 14.5 Å². The Bertz CT molecular complexity index is 1160. The number of piperazine rings is 1. The van der Waals surface area contributed by atoms with Gasteiger partial charge >= 0.3 is 6.09 Å². The summed E-state index contributed by atoms with van der Waals surface area (Å²) in [6.07, 6.45) is 3.37. The molecular formula is C26H39N5O6S. The van der Waals surface area contributed by atoms with Gasteiger partial charge in [-0.1, -0.05) is 12.1 Å². The van der Waals surface area contributed by atoms with E-state index in [0.29, 0.717) is 26.2 Å². The number of piperidine rings is 1. The number of likely N-dealkylation sites (tertiary alicyclic amines) is 1. The molecule has 3 N–H and O–H groups in total. The molecule has 2 saturated heterocycles. The summed E-state index contributed by atoms with van der Waals surface area (Å²) in [5, 5.41) is 2.80. The number of primary amides is 1. The highest BCUT2D eigenvalue weighted by Gasteiger charge is 2.52. The fourth-order valence-corrected chi connectivity index (χ4v) is 6.57. The molecule has 1 saturated carbocycles. The van der Waals surface area contributed by atoms with Gasteiger partial charge in [-0.2, -0.15) is 4.31 Å². The monoisotopic (exact) mass is 549 g/mol. The van der Waals surface area contributed by atoms with Crippen LogP contribution in [-0.4, -0.2) is 91.7 Å². The van der Waals surface area contributed by atoms with E-state index in [4.69, 9.17) is 10.5 Å². The molecule has 1 aromatic rings. The minimum absolute atomic E-state index is 0.0310. The lowest BCUT2D eigenvalue weighted by atomic mass is 9.97. The Balaban J connectivity index is 1.39. The van der Waals surface area contributed by atoms with E-state index in [-0.39, 0.29) is 24.3 Å². The minimum atomic E-state index is -3.20. The van der Waals surface area contributed by atoms with Crippen LogP contribution in [0.2, 0.25) is 0 Å². The Morgan fingerprint density at radius 3 is 2.26 bits per heavy atom. The number of nitrogens with two attached hydrogens (primary N) is 1. The third-order valence-corrected chi connectivity index (χ3v) is 8.87. The van der Waals surface area contributed by atoms with Crippen LogP contribution in [0.5, 0.6) is 0 Å². The normalized spacial score (nSPS) is 24.8. The van der Waals surface area contributed by atoms with Gasteiger partial charge in [0.2, 0.25) is 21.8 Å². The van der Waals surface area contributed by atoms with E-state index >= 15 is 0 Å². The molecule has 38 heavy (non-hydrogen) atoms. The molecule has 2 heterocycles. The fourth-order valence-electron chi connectivity index (χ4n) is 5.74. The van der Waals surface area contributed by atoms with Crippen molar-refractivity contribution in [3.63, 3.8) is 0 Å². The van der Waals surface area contributed by atoms with Crippen molar-refractivity contribution in [1.82, 2.24) is 14.5 Å². The molecule has 12 heteroatoms. The summed E-state index contributed by atoms with van der Waals surface area (Å²) in [6.45, 7) is 7.41. The van der Waals surface area contributed by atoms with Crippen molar-refractivity contribution >= 4 is 33.6 Å². The number of anilines is 1. The number of ether oxygens (including phenoxy) is 1. The number of fused-ring (bicyclic) bond motifs is 2. The minimum Gasteiger partial charge on any atom is -0.444 e. The van der Waals surface area contributed by atoms with Gasteiger partial charge in [0.05, 0.1) is 6.26 Å². The van der Waals surface area contributed by atoms with Crippen molar-refractivity contribution < 1.29 is 27.5 Å². The number of hydrogen-bond acceptors (Lipinski definition) is 7. The molecule has 0 radical (unpaired) electrons. The number of hydrogen-bond donors (Lipinski definition) is 2. The van der Waals surface area contributed by atoms with Crippen LogP contribution in [0.15, 0.2) is 24.3 Å². The summed E-state index contributed by atoms with van der Waals surface area (Å²) < 4.78 is 30.5. The first kappa shape index (κ1) is 28.2. The first-order chi connectivity index (χ1) is 17.7. The number of nitrogens with zero attached hydrogens (tertiary/aromatic N) is 3. The number of nitrogens with one attached hydrogen (secondary N) is 1. The standard InChI is InChI=1S/C26H39N5O6S/c1-26(2,3)37-25(34)31-20-10-7-18(16-20)22(31)24(33)28-21(23(27)32)15-17-5-8-19(9-6-17)29-11-13-30(14-12-29)38(4,35)36/h5-6,8-9,18,20-22H,7,10-16H2,1-4H3,(H2,27,32)(H,28,33)/t18-,20+,21?,22-/m0/s1. The van der Waals surface area contributed by atoms with Crippen molar-refractivity contribution in [2.24, 2.45) is 11.7 Å². The van der Waals surface area contributed by atoms with Gasteiger partial charge < -0.3 is 20.7 Å². The average Bonchev–Trinajstić information content (AvgIpc) is 3.44. The number of carbonyl (C=O) groups excluding carboxylic acids is 3. The third kappa shape index (κ3) is 6.40. The smallest absolute Gasteiger partial charge is 0.411 e. The van der Waals surface area contributed by atoms with E-state index in [1.54, 1.807) is 25.7 Å². The van der Waals surface area contributed by atoms with Crippen molar-refractivity contribution in [1.29, 1.82) is 0 Å². The lowest BCUT2D eigenvalue weighted by Gasteiger charge is -2.36. The Labute approximate surface area is 224 Å². The second kappa shape index (κ2) is 10.7. The van der Waals surface area contributed by atoms with Crippen molar-refractivity contribution in [3.8, 4) is 0 Å². The van der Waals surface area contributed by atoms with Gasteiger partial charge in [0.15, 0.2) is 0 Å². The van der Waals surface area contributed by atoms with Crippen molar-refractivity contribution in [2.45, 2.75) is 70.2 Å². The molecule has 2 aliphatic heterocycles. The van der Waals surface area contributed by atoms with Gasteiger partial charge in [0.25, 0.3) is 0 Å². The molecule has 1 aliphatic carbocycles. The number of benzene rings is 1. The summed E-state index contributed by atoms with van der Waals surface area (Å²) >= 11 is 0. The highest BCUT2D eigenvalue weighted by Crippen LogP contribution is 2.43. The maximum Gasteiger partial charge on any atom is 0.411 e. The predicted octanol–water partition coefficient (Wildman–Crippen LogP) is 1.07. The van der Waals surface area contributed by atoms with Gasteiger partial charge in [-0.25, -0.2) is 13.2 Å². The molecular weight excluding hydrogens is 510 g/mol. The van der Waals surface area contributed by atoms with Crippen LogP contribution in [0.25, 0.3) is 0 Å². The van der Waals surface area contributed by atoms with Crippen molar-refractivity contribution in [3.05, 3.63) is 29.8 Å². The van der Waals surface area contributed by atoms with E-state index in [2.05, 4.69) is 10.2 Å². The van der Waals surface area contributed by atoms with E-state index < -0.39 is 39.7 Å². The molecule has 1 aromatic carbocycles.